The summed E-state index contributed by atoms with van der Waals surface area (Å²) in [5, 5.41) is 2.66. The molecule has 1 unspecified atom stereocenters. The highest BCUT2D eigenvalue weighted by Crippen LogP contribution is 2.46. The van der Waals surface area contributed by atoms with Gasteiger partial charge in [0.25, 0.3) is 5.66 Å². The molecule has 1 amide bonds. The van der Waals surface area contributed by atoms with E-state index in [1.807, 2.05) is 72.8 Å². The van der Waals surface area contributed by atoms with Gasteiger partial charge < -0.3 is 9.47 Å². The second-order valence-corrected chi connectivity index (χ2v) is 10.9. The minimum atomic E-state index is -2.01. The van der Waals surface area contributed by atoms with Gasteiger partial charge in [-0.05, 0) is 44.5 Å². The van der Waals surface area contributed by atoms with Crippen LogP contribution in [0.25, 0.3) is 22.3 Å². The van der Waals surface area contributed by atoms with E-state index in [4.69, 9.17) is 9.47 Å². The van der Waals surface area contributed by atoms with Crippen LogP contribution in [0, 0.1) is 0 Å². The van der Waals surface area contributed by atoms with Gasteiger partial charge >= 0.3 is 12.1 Å². The second kappa shape index (κ2) is 10.2. The van der Waals surface area contributed by atoms with Crippen LogP contribution in [-0.2, 0) is 14.3 Å². The molecule has 44 heavy (non-hydrogen) atoms. The molecule has 4 aromatic rings. The fourth-order valence-corrected chi connectivity index (χ4v) is 6.62. The molecule has 8 rings (SSSR count). The van der Waals surface area contributed by atoms with Gasteiger partial charge in [0.1, 0.15) is 31.6 Å². The Labute approximate surface area is 252 Å². The van der Waals surface area contributed by atoms with Gasteiger partial charge in [0.15, 0.2) is 5.84 Å². The molecule has 214 valence electrons. The third-order valence-corrected chi connectivity index (χ3v) is 8.62. The molecular weight excluding hydrogens is 554 g/mol. The van der Waals surface area contributed by atoms with E-state index in [0.717, 1.165) is 44.5 Å². The maximum atomic E-state index is 14.0. The number of aliphatic imine (C=N–C) groups is 4. The van der Waals surface area contributed by atoms with E-state index in [2.05, 4.69) is 49.6 Å². The van der Waals surface area contributed by atoms with E-state index < -0.39 is 17.7 Å². The quantitative estimate of drug-likeness (QED) is 0.304. The topological polar surface area (TPSA) is 114 Å². The lowest BCUT2D eigenvalue weighted by molar-refractivity contribution is -0.148. The molecule has 2 aliphatic carbocycles. The molecule has 9 nitrogen and oxygen atoms in total. The number of hydrogen-bond donors (Lipinski definition) is 1. The van der Waals surface area contributed by atoms with Crippen molar-refractivity contribution in [2.75, 3.05) is 13.2 Å². The predicted molar refractivity (Wildman–Crippen MR) is 167 cm³/mol. The van der Waals surface area contributed by atoms with E-state index in [9.17, 15) is 9.59 Å². The molecule has 0 aromatic heterocycles. The third-order valence-electron chi connectivity index (χ3n) is 8.62. The number of nitrogens with zero attached hydrogens (tertiary/aromatic N) is 4. The van der Waals surface area contributed by atoms with Crippen molar-refractivity contribution in [2.24, 2.45) is 20.0 Å². The van der Waals surface area contributed by atoms with E-state index in [1.165, 1.54) is 12.7 Å². The van der Waals surface area contributed by atoms with Gasteiger partial charge in [0, 0.05) is 11.8 Å². The minimum Gasteiger partial charge on any atom is -0.461 e. The van der Waals surface area contributed by atoms with Crippen molar-refractivity contribution in [1.82, 2.24) is 5.32 Å². The number of benzene rings is 4. The van der Waals surface area contributed by atoms with E-state index in [-0.39, 0.29) is 36.6 Å². The van der Waals surface area contributed by atoms with Gasteiger partial charge in [-0.3, -0.25) is 5.32 Å². The monoisotopic (exact) mass is 579 g/mol. The number of amides is 1. The number of hydrogen-bond acceptors (Lipinski definition) is 8. The number of fused-ring (bicyclic) bond motifs is 7. The standard InChI is InChI=1S/C35H25N5O4/c41-33(43-17-29-25-13-5-1-9-21(25)22-10-2-6-14-26(22)29)35(31-32(37-19-36-31)38-20-39-35)40-34(42)44-18-30-27-15-7-3-11-23(27)24-12-4-8-16-28(24)30/h1-16,19-20,29-30H,17-18H2,(H,40,42). The molecule has 0 bridgehead atoms. The molecule has 9 heteroatoms. The van der Waals surface area contributed by atoms with Crippen molar-refractivity contribution in [3.8, 4) is 22.3 Å². The number of amidine groups is 1. The van der Waals surface area contributed by atoms with Gasteiger partial charge in [-0.25, -0.2) is 29.6 Å². The van der Waals surface area contributed by atoms with Gasteiger partial charge in [-0.1, -0.05) is 97.1 Å². The zero-order valence-corrected chi connectivity index (χ0v) is 23.4. The van der Waals surface area contributed by atoms with Gasteiger partial charge in [0.2, 0.25) is 0 Å². The van der Waals surface area contributed by atoms with Gasteiger partial charge in [-0.15, -0.1) is 0 Å². The summed E-state index contributed by atoms with van der Waals surface area (Å²) in [5.41, 5.74) is 6.79. The van der Waals surface area contributed by atoms with Crippen molar-refractivity contribution in [3.63, 3.8) is 0 Å². The molecule has 4 aromatic carbocycles. The van der Waals surface area contributed by atoms with Crippen molar-refractivity contribution in [3.05, 3.63) is 119 Å². The number of alkyl carbamates (subject to hydrolysis) is 1. The number of carbonyl (C=O) groups is 2. The number of nitrogens with one attached hydrogen (secondary N) is 1. The average Bonchev–Trinajstić information content (AvgIpc) is 3.76. The molecule has 2 heterocycles. The second-order valence-electron chi connectivity index (χ2n) is 10.9. The highest BCUT2D eigenvalue weighted by atomic mass is 16.6. The summed E-state index contributed by atoms with van der Waals surface area (Å²) in [4.78, 5) is 44.2. The highest BCUT2D eigenvalue weighted by Gasteiger charge is 2.52. The molecule has 0 saturated carbocycles. The Hall–Kier alpha value is -5.70. The lowest BCUT2D eigenvalue weighted by Gasteiger charge is -2.30. The normalized spacial score (nSPS) is 18.8. The minimum absolute atomic E-state index is 0.0388. The molecule has 0 radical (unpaired) electrons. The summed E-state index contributed by atoms with van der Waals surface area (Å²) in [6, 6.07) is 32.3. The number of ether oxygens (including phenoxy) is 2. The number of rotatable bonds is 6. The first-order chi connectivity index (χ1) is 21.6. The first-order valence-corrected chi connectivity index (χ1v) is 14.4. The molecule has 1 atom stereocenters. The van der Waals surface area contributed by atoms with E-state index in [1.54, 1.807) is 0 Å². The third kappa shape index (κ3) is 4.00. The van der Waals surface area contributed by atoms with Crippen LogP contribution < -0.4 is 5.32 Å². The smallest absolute Gasteiger partial charge is 0.409 e. The van der Waals surface area contributed by atoms with Crippen molar-refractivity contribution in [2.45, 2.75) is 17.5 Å². The summed E-state index contributed by atoms with van der Waals surface area (Å²) >= 11 is 0. The molecular formula is C35H25N5O4. The Morgan fingerprint density at radius 1 is 0.636 bits per heavy atom. The van der Waals surface area contributed by atoms with Crippen LogP contribution in [0.4, 0.5) is 4.79 Å². The van der Waals surface area contributed by atoms with Crippen molar-refractivity contribution < 1.29 is 19.1 Å². The Morgan fingerprint density at radius 3 is 1.64 bits per heavy atom. The maximum absolute atomic E-state index is 14.0. The van der Waals surface area contributed by atoms with Crippen molar-refractivity contribution in [1.29, 1.82) is 0 Å². The SMILES string of the molecule is O=C(NC1(C(=O)OCC2c3ccccc3-c3ccccc32)N=CN=C2N=CN=C21)OCC1c2ccccc2-c2ccccc21. The van der Waals surface area contributed by atoms with Crippen LogP contribution >= 0.6 is 0 Å². The zero-order valence-electron chi connectivity index (χ0n) is 23.4. The maximum Gasteiger partial charge on any atom is 0.409 e. The van der Waals surface area contributed by atoms with Crippen LogP contribution in [0.5, 0.6) is 0 Å². The van der Waals surface area contributed by atoms with Crippen LogP contribution in [0.2, 0.25) is 0 Å². The molecule has 0 fully saturated rings. The van der Waals surface area contributed by atoms with Gasteiger partial charge in [-0.2, -0.15) is 0 Å². The predicted octanol–water partition coefficient (Wildman–Crippen LogP) is 5.50. The Balaban J connectivity index is 1.04. The molecule has 2 aliphatic heterocycles. The zero-order chi connectivity index (χ0) is 29.7. The largest absolute Gasteiger partial charge is 0.461 e. The van der Waals surface area contributed by atoms with Crippen molar-refractivity contribution >= 4 is 36.3 Å². The Bertz CT molecular complexity index is 1890. The molecule has 0 spiro atoms. The number of esters is 1. The molecule has 0 saturated heterocycles. The first-order valence-electron chi connectivity index (χ1n) is 14.4. The van der Waals surface area contributed by atoms with Crippen LogP contribution in [0.15, 0.2) is 117 Å². The highest BCUT2D eigenvalue weighted by molar-refractivity contribution is 6.54. The Kier molecular flexibility index (Phi) is 6.04. The fourth-order valence-electron chi connectivity index (χ4n) is 6.62. The molecule has 4 aliphatic rings. The first kappa shape index (κ1) is 26.0. The lowest BCUT2D eigenvalue weighted by Crippen LogP contribution is -2.62. The van der Waals surface area contributed by atoms with E-state index >= 15 is 0 Å². The Morgan fingerprint density at radius 2 is 1.11 bits per heavy atom. The summed E-state index contributed by atoms with van der Waals surface area (Å²) in [6.45, 7) is 0.103. The molecule has 1 N–H and O–H groups in total. The summed E-state index contributed by atoms with van der Waals surface area (Å²) in [5.74, 6) is -0.966. The number of carbonyl (C=O) groups excluding carboxylic acids is 2. The van der Waals surface area contributed by atoms with E-state index in [0.29, 0.717) is 0 Å². The summed E-state index contributed by atoms with van der Waals surface area (Å²) in [7, 11) is 0. The lowest BCUT2D eigenvalue weighted by atomic mass is 9.97. The van der Waals surface area contributed by atoms with Crippen LogP contribution in [0.3, 0.4) is 0 Å². The summed E-state index contributed by atoms with van der Waals surface area (Å²) in [6.07, 6.45) is 1.61. The summed E-state index contributed by atoms with van der Waals surface area (Å²) < 4.78 is 11.7. The van der Waals surface area contributed by atoms with Gasteiger partial charge in [0.05, 0.1) is 0 Å². The fraction of sp³-hybridized carbons (Fsp3) is 0.143. The van der Waals surface area contributed by atoms with Crippen LogP contribution in [0.1, 0.15) is 34.1 Å². The van der Waals surface area contributed by atoms with Crippen LogP contribution in [-0.4, -0.2) is 55.2 Å². The average molecular weight is 580 g/mol.